The predicted octanol–water partition coefficient (Wildman–Crippen LogP) is 5.42. The standard InChI is InChI=1S/C25H27NO2/c1-20(2)23-15-9-10-16-24(23)28-19-25(27)26(17-21-11-5-3-6-12-21)18-22-13-7-4-8-14-22/h3-16,20H,17-19H2,1-2H3. The second kappa shape index (κ2) is 9.75. The molecule has 0 N–H and O–H groups in total. The van der Waals surface area contributed by atoms with E-state index < -0.39 is 0 Å². The van der Waals surface area contributed by atoms with E-state index in [0.717, 1.165) is 22.4 Å². The maximum atomic E-state index is 13.0. The third-order valence-corrected chi connectivity index (χ3v) is 4.68. The zero-order valence-corrected chi connectivity index (χ0v) is 16.5. The van der Waals surface area contributed by atoms with E-state index in [2.05, 4.69) is 19.9 Å². The van der Waals surface area contributed by atoms with Gasteiger partial charge in [-0.25, -0.2) is 0 Å². The Labute approximate surface area is 167 Å². The van der Waals surface area contributed by atoms with Crippen LogP contribution in [0.25, 0.3) is 0 Å². The van der Waals surface area contributed by atoms with Gasteiger partial charge < -0.3 is 9.64 Å². The summed E-state index contributed by atoms with van der Waals surface area (Å²) >= 11 is 0. The summed E-state index contributed by atoms with van der Waals surface area (Å²) in [5.41, 5.74) is 3.33. The maximum Gasteiger partial charge on any atom is 0.261 e. The summed E-state index contributed by atoms with van der Waals surface area (Å²) in [7, 11) is 0. The van der Waals surface area contributed by atoms with Gasteiger partial charge in [0, 0.05) is 13.1 Å². The number of carbonyl (C=O) groups excluding carboxylic acids is 1. The number of hydrogen-bond acceptors (Lipinski definition) is 2. The minimum atomic E-state index is -0.0220. The number of nitrogens with zero attached hydrogens (tertiary/aromatic N) is 1. The Morgan fingerprint density at radius 1 is 0.786 bits per heavy atom. The van der Waals surface area contributed by atoms with Crippen LogP contribution in [0.15, 0.2) is 84.9 Å². The lowest BCUT2D eigenvalue weighted by molar-refractivity contribution is -0.134. The minimum Gasteiger partial charge on any atom is -0.483 e. The van der Waals surface area contributed by atoms with Crippen molar-refractivity contribution in [2.75, 3.05) is 6.61 Å². The van der Waals surface area contributed by atoms with Crippen LogP contribution in [0, 0.1) is 0 Å². The van der Waals surface area contributed by atoms with E-state index in [1.807, 2.05) is 83.8 Å². The van der Waals surface area contributed by atoms with Crippen LogP contribution >= 0.6 is 0 Å². The average molecular weight is 373 g/mol. The first-order valence-electron chi connectivity index (χ1n) is 9.71. The van der Waals surface area contributed by atoms with Crippen LogP contribution in [-0.4, -0.2) is 17.4 Å². The summed E-state index contributed by atoms with van der Waals surface area (Å²) in [4.78, 5) is 14.9. The first-order valence-corrected chi connectivity index (χ1v) is 9.71. The molecule has 0 heterocycles. The maximum absolute atomic E-state index is 13.0. The number of carbonyl (C=O) groups is 1. The Kier molecular flexibility index (Phi) is 6.85. The summed E-state index contributed by atoms with van der Waals surface area (Å²) in [6.45, 7) is 5.40. The summed E-state index contributed by atoms with van der Waals surface area (Å²) in [6.07, 6.45) is 0. The van der Waals surface area contributed by atoms with E-state index >= 15 is 0 Å². The molecule has 0 radical (unpaired) electrons. The van der Waals surface area contributed by atoms with Crippen LogP contribution in [0.5, 0.6) is 5.75 Å². The fourth-order valence-electron chi connectivity index (χ4n) is 3.16. The van der Waals surface area contributed by atoms with Crippen molar-refractivity contribution in [2.45, 2.75) is 32.9 Å². The summed E-state index contributed by atoms with van der Waals surface area (Å²) in [6, 6.07) is 28.0. The second-order valence-corrected chi connectivity index (χ2v) is 7.20. The quantitative estimate of drug-likeness (QED) is 0.528. The molecule has 0 atom stereocenters. The van der Waals surface area contributed by atoms with Gasteiger partial charge in [-0.1, -0.05) is 92.7 Å². The highest BCUT2D eigenvalue weighted by molar-refractivity contribution is 5.77. The third-order valence-electron chi connectivity index (χ3n) is 4.68. The van der Waals surface area contributed by atoms with E-state index in [9.17, 15) is 4.79 Å². The summed E-state index contributed by atoms with van der Waals surface area (Å²) in [5.74, 6) is 1.10. The van der Waals surface area contributed by atoms with E-state index in [4.69, 9.17) is 4.74 Å². The molecule has 144 valence electrons. The lowest BCUT2D eigenvalue weighted by Gasteiger charge is -2.24. The molecule has 0 bridgehead atoms. The Morgan fingerprint density at radius 2 is 1.29 bits per heavy atom. The lowest BCUT2D eigenvalue weighted by Crippen LogP contribution is -2.34. The van der Waals surface area contributed by atoms with Crippen molar-refractivity contribution in [3.63, 3.8) is 0 Å². The minimum absolute atomic E-state index is 0.0220. The zero-order chi connectivity index (χ0) is 19.8. The lowest BCUT2D eigenvalue weighted by atomic mass is 10.0. The van der Waals surface area contributed by atoms with Crippen molar-refractivity contribution < 1.29 is 9.53 Å². The molecule has 0 fully saturated rings. The zero-order valence-electron chi connectivity index (χ0n) is 16.5. The number of amides is 1. The van der Waals surface area contributed by atoms with Gasteiger partial charge in [0.15, 0.2) is 6.61 Å². The number of rotatable bonds is 8. The van der Waals surface area contributed by atoms with Crippen LogP contribution in [0.3, 0.4) is 0 Å². The van der Waals surface area contributed by atoms with E-state index in [0.29, 0.717) is 19.0 Å². The topological polar surface area (TPSA) is 29.5 Å². The molecule has 3 nitrogen and oxygen atoms in total. The van der Waals surface area contributed by atoms with Crippen molar-refractivity contribution in [1.29, 1.82) is 0 Å². The Hall–Kier alpha value is -3.07. The number of hydrogen-bond donors (Lipinski definition) is 0. The monoisotopic (exact) mass is 373 g/mol. The molecular weight excluding hydrogens is 346 g/mol. The number of para-hydroxylation sites is 1. The average Bonchev–Trinajstić information content (AvgIpc) is 2.73. The van der Waals surface area contributed by atoms with E-state index in [1.54, 1.807) is 0 Å². The molecule has 0 aliphatic rings. The highest BCUT2D eigenvalue weighted by Gasteiger charge is 2.16. The SMILES string of the molecule is CC(C)c1ccccc1OCC(=O)N(Cc1ccccc1)Cc1ccccc1. The molecule has 0 saturated heterocycles. The molecule has 1 amide bonds. The highest BCUT2D eigenvalue weighted by atomic mass is 16.5. The molecule has 0 spiro atoms. The first-order chi connectivity index (χ1) is 13.6. The molecule has 3 rings (SSSR count). The van der Waals surface area contributed by atoms with Crippen molar-refractivity contribution >= 4 is 5.91 Å². The van der Waals surface area contributed by atoms with Crippen molar-refractivity contribution in [3.8, 4) is 5.75 Å². The van der Waals surface area contributed by atoms with Gasteiger partial charge in [0.1, 0.15) is 5.75 Å². The fourth-order valence-corrected chi connectivity index (χ4v) is 3.16. The number of ether oxygens (including phenoxy) is 1. The molecule has 0 aromatic heterocycles. The van der Waals surface area contributed by atoms with Crippen LogP contribution in [0.2, 0.25) is 0 Å². The smallest absolute Gasteiger partial charge is 0.261 e. The Morgan fingerprint density at radius 3 is 1.82 bits per heavy atom. The van der Waals surface area contributed by atoms with Crippen LogP contribution in [0.4, 0.5) is 0 Å². The van der Waals surface area contributed by atoms with Gasteiger partial charge in [0.05, 0.1) is 0 Å². The van der Waals surface area contributed by atoms with Gasteiger partial charge in [0.2, 0.25) is 0 Å². The van der Waals surface area contributed by atoms with E-state index in [1.165, 1.54) is 0 Å². The van der Waals surface area contributed by atoms with Crippen molar-refractivity contribution in [1.82, 2.24) is 4.90 Å². The van der Waals surface area contributed by atoms with Gasteiger partial charge in [-0.2, -0.15) is 0 Å². The Bertz CT molecular complexity index is 834. The van der Waals surface area contributed by atoms with Crippen molar-refractivity contribution in [2.24, 2.45) is 0 Å². The molecule has 3 aromatic carbocycles. The van der Waals surface area contributed by atoms with Crippen LogP contribution in [0.1, 0.15) is 36.5 Å². The molecule has 0 aliphatic carbocycles. The molecule has 0 saturated carbocycles. The normalized spacial score (nSPS) is 10.7. The third kappa shape index (κ3) is 5.46. The second-order valence-electron chi connectivity index (χ2n) is 7.20. The predicted molar refractivity (Wildman–Crippen MR) is 113 cm³/mol. The van der Waals surface area contributed by atoms with Crippen LogP contribution < -0.4 is 4.74 Å². The number of benzene rings is 3. The highest BCUT2D eigenvalue weighted by Crippen LogP contribution is 2.26. The van der Waals surface area contributed by atoms with Gasteiger partial charge >= 0.3 is 0 Å². The van der Waals surface area contributed by atoms with Gasteiger partial charge in [-0.15, -0.1) is 0 Å². The van der Waals surface area contributed by atoms with Crippen LogP contribution in [-0.2, 0) is 17.9 Å². The largest absolute Gasteiger partial charge is 0.483 e. The van der Waals surface area contributed by atoms with Gasteiger partial charge in [-0.05, 0) is 28.7 Å². The molecule has 3 heteroatoms. The van der Waals surface area contributed by atoms with Gasteiger partial charge in [0.25, 0.3) is 5.91 Å². The molecule has 3 aromatic rings. The van der Waals surface area contributed by atoms with Gasteiger partial charge in [-0.3, -0.25) is 4.79 Å². The molecule has 0 aliphatic heterocycles. The summed E-state index contributed by atoms with van der Waals surface area (Å²) in [5, 5.41) is 0. The fraction of sp³-hybridized carbons (Fsp3) is 0.240. The van der Waals surface area contributed by atoms with Crippen molar-refractivity contribution in [3.05, 3.63) is 102 Å². The first kappa shape index (κ1) is 19.7. The van der Waals surface area contributed by atoms with E-state index in [-0.39, 0.29) is 12.5 Å². The Balaban J connectivity index is 1.73. The summed E-state index contributed by atoms with van der Waals surface area (Å²) < 4.78 is 5.93. The molecule has 28 heavy (non-hydrogen) atoms. The molecule has 0 unspecified atom stereocenters. The molecular formula is C25H27NO2.